The third-order valence-corrected chi connectivity index (χ3v) is 5.09. The number of ketones is 1. The maximum absolute atomic E-state index is 13.8. The van der Waals surface area contributed by atoms with E-state index in [2.05, 4.69) is 19.6 Å². The molecule has 0 aliphatic heterocycles. The zero-order valence-corrected chi connectivity index (χ0v) is 16.5. The van der Waals surface area contributed by atoms with Gasteiger partial charge in [-0.1, -0.05) is 91.0 Å². The Kier molecular flexibility index (Phi) is 5.21. The topological polar surface area (TPSA) is 26.3 Å². The second-order valence-corrected chi connectivity index (χ2v) is 11.8. The molecular weight excluding hydrogens is 336 g/mol. The summed E-state index contributed by atoms with van der Waals surface area (Å²) in [5, 5.41) is 0. The molecule has 3 rings (SSSR count). The molecule has 3 aromatic rings. The Morgan fingerprint density at radius 3 is 1.46 bits per heavy atom. The fourth-order valence-electron chi connectivity index (χ4n) is 3.19. The van der Waals surface area contributed by atoms with E-state index in [4.69, 9.17) is 4.43 Å². The summed E-state index contributed by atoms with van der Waals surface area (Å²) in [6, 6.07) is 29.1. The van der Waals surface area contributed by atoms with Gasteiger partial charge in [-0.2, -0.15) is 0 Å². The smallest absolute Gasteiger partial charge is 0.202 e. The lowest BCUT2D eigenvalue weighted by molar-refractivity contribution is 0.0558. The van der Waals surface area contributed by atoms with E-state index >= 15 is 0 Å². The highest BCUT2D eigenvalue weighted by atomic mass is 28.4. The zero-order chi connectivity index (χ0) is 18.6. The first kappa shape index (κ1) is 18.3. The van der Waals surface area contributed by atoms with Gasteiger partial charge in [-0.05, 0) is 30.8 Å². The third kappa shape index (κ3) is 3.69. The van der Waals surface area contributed by atoms with E-state index in [1.54, 1.807) is 0 Å². The van der Waals surface area contributed by atoms with E-state index in [1.807, 2.05) is 91.0 Å². The average Bonchev–Trinajstić information content (AvgIpc) is 2.67. The minimum atomic E-state index is -2.07. The predicted molar refractivity (Wildman–Crippen MR) is 109 cm³/mol. The van der Waals surface area contributed by atoms with Gasteiger partial charge in [0.1, 0.15) is 0 Å². The van der Waals surface area contributed by atoms with Crippen molar-refractivity contribution in [3.8, 4) is 0 Å². The molecule has 0 atom stereocenters. The summed E-state index contributed by atoms with van der Waals surface area (Å²) in [7, 11) is -2.07. The van der Waals surface area contributed by atoms with Gasteiger partial charge in [-0.3, -0.25) is 4.79 Å². The quantitative estimate of drug-likeness (QED) is 0.418. The monoisotopic (exact) mass is 360 g/mol. The number of carbonyl (C=O) groups is 1. The molecule has 3 heteroatoms. The first-order valence-corrected chi connectivity index (χ1v) is 12.3. The lowest BCUT2D eigenvalue weighted by Crippen LogP contribution is -2.47. The summed E-state index contributed by atoms with van der Waals surface area (Å²) < 4.78 is 6.70. The van der Waals surface area contributed by atoms with Crippen molar-refractivity contribution in [2.75, 3.05) is 0 Å². The van der Waals surface area contributed by atoms with E-state index in [0.717, 1.165) is 11.1 Å². The summed E-state index contributed by atoms with van der Waals surface area (Å²) in [4.78, 5) is 13.8. The zero-order valence-electron chi connectivity index (χ0n) is 15.5. The van der Waals surface area contributed by atoms with Crippen molar-refractivity contribution in [2.45, 2.75) is 25.2 Å². The summed E-state index contributed by atoms with van der Waals surface area (Å²) in [6.45, 7) is 6.35. The van der Waals surface area contributed by atoms with Crippen molar-refractivity contribution in [2.24, 2.45) is 0 Å². The molecule has 26 heavy (non-hydrogen) atoms. The summed E-state index contributed by atoms with van der Waals surface area (Å²) in [6.07, 6.45) is 0. The normalized spacial score (nSPS) is 12.0. The fraction of sp³-hybridized carbons (Fsp3) is 0.174. The van der Waals surface area contributed by atoms with Crippen LogP contribution in [0.5, 0.6) is 0 Å². The van der Waals surface area contributed by atoms with Crippen molar-refractivity contribution in [1.29, 1.82) is 0 Å². The Labute approximate surface area is 156 Å². The van der Waals surface area contributed by atoms with Gasteiger partial charge >= 0.3 is 0 Å². The Hall–Kier alpha value is -2.49. The number of rotatable bonds is 6. The molecular formula is C23H24O2Si. The Morgan fingerprint density at radius 1 is 0.692 bits per heavy atom. The summed E-state index contributed by atoms with van der Waals surface area (Å²) >= 11 is 0. The Bertz CT molecular complexity index is 813. The Balaban J connectivity index is 2.30. The standard InChI is InChI=1S/C23H24O2Si/c1-26(2,3)25-23(20-15-9-5-10-16-20,21-17-11-6-12-18-21)22(24)19-13-7-4-8-14-19/h4-18H,1-3H3. The molecule has 3 aromatic carbocycles. The molecule has 0 spiro atoms. The molecule has 2 nitrogen and oxygen atoms in total. The minimum Gasteiger partial charge on any atom is -0.398 e. The number of carbonyl (C=O) groups excluding carboxylic acids is 1. The molecule has 0 N–H and O–H groups in total. The lowest BCUT2D eigenvalue weighted by Gasteiger charge is -2.39. The first-order chi connectivity index (χ1) is 12.4. The molecule has 0 saturated heterocycles. The molecule has 0 bridgehead atoms. The SMILES string of the molecule is C[Si](C)(C)OC(C(=O)c1ccccc1)(c1ccccc1)c1ccccc1. The summed E-state index contributed by atoms with van der Waals surface area (Å²) in [5.41, 5.74) is 1.23. The van der Waals surface area contributed by atoms with Crippen molar-refractivity contribution in [3.63, 3.8) is 0 Å². The molecule has 0 radical (unpaired) electrons. The molecule has 0 unspecified atom stereocenters. The van der Waals surface area contributed by atoms with Crippen LogP contribution in [-0.4, -0.2) is 14.1 Å². The van der Waals surface area contributed by atoms with Gasteiger partial charge in [0.25, 0.3) is 0 Å². The van der Waals surface area contributed by atoms with Gasteiger partial charge in [0.15, 0.2) is 13.9 Å². The number of benzene rings is 3. The molecule has 0 fully saturated rings. The first-order valence-electron chi connectivity index (χ1n) is 8.84. The van der Waals surface area contributed by atoms with Crippen LogP contribution in [0, 0.1) is 0 Å². The van der Waals surface area contributed by atoms with Crippen LogP contribution >= 0.6 is 0 Å². The van der Waals surface area contributed by atoms with E-state index in [9.17, 15) is 4.79 Å². The average molecular weight is 361 g/mol. The lowest BCUT2D eigenvalue weighted by atomic mass is 9.80. The van der Waals surface area contributed by atoms with E-state index in [1.165, 1.54) is 0 Å². The van der Waals surface area contributed by atoms with Crippen LogP contribution in [0.4, 0.5) is 0 Å². The van der Waals surface area contributed by atoms with E-state index < -0.39 is 13.9 Å². The van der Waals surface area contributed by atoms with Gasteiger partial charge < -0.3 is 4.43 Å². The highest BCUT2D eigenvalue weighted by Gasteiger charge is 2.46. The maximum atomic E-state index is 13.8. The van der Waals surface area contributed by atoms with E-state index in [-0.39, 0.29) is 5.78 Å². The van der Waals surface area contributed by atoms with Crippen molar-refractivity contribution < 1.29 is 9.22 Å². The molecule has 0 aliphatic rings. The van der Waals surface area contributed by atoms with Crippen LogP contribution in [0.3, 0.4) is 0 Å². The van der Waals surface area contributed by atoms with Gasteiger partial charge in [-0.15, -0.1) is 0 Å². The van der Waals surface area contributed by atoms with E-state index in [0.29, 0.717) is 5.56 Å². The minimum absolute atomic E-state index is 0.0297. The number of hydrogen-bond donors (Lipinski definition) is 0. The highest BCUT2D eigenvalue weighted by Crippen LogP contribution is 2.39. The van der Waals surface area contributed by atoms with Crippen LogP contribution in [0.15, 0.2) is 91.0 Å². The molecule has 0 heterocycles. The fourth-order valence-corrected chi connectivity index (χ4v) is 4.44. The maximum Gasteiger partial charge on any atom is 0.202 e. The molecule has 0 aromatic heterocycles. The van der Waals surface area contributed by atoms with Gasteiger partial charge in [0.05, 0.1) is 0 Å². The largest absolute Gasteiger partial charge is 0.398 e. The predicted octanol–water partition coefficient (Wildman–Crippen LogP) is 5.66. The van der Waals surface area contributed by atoms with Gasteiger partial charge in [-0.25, -0.2) is 0 Å². The molecule has 0 saturated carbocycles. The molecule has 0 amide bonds. The van der Waals surface area contributed by atoms with Crippen molar-refractivity contribution >= 4 is 14.1 Å². The molecule has 132 valence electrons. The van der Waals surface area contributed by atoms with Gasteiger partial charge in [0, 0.05) is 5.56 Å². The van der Waals surface area contributed by atoms with Crippen LogP contribution < -0.4 is 0 Å². The van der Waals surface area contributed by atoms with Crippen LogP contribution in [-0.2, 0) is 10.0 Å². The second-order valence-electron chi connectivity index (χ2n) is 7.32. The molecule has 0 aliphatic carbocycles. The van der Waals surface area contributed by atoms with Crippen molar-refractivity contribution in [1.82, 2.24) is 0 Å². The second kappa shape index (κ2) is 7.40. The van der Waals surface area contributed by atoms with Crippen LogP contribution in [0.1, 0.15) is 21.5 Å². The number of hydrogen-bond acceptors (Lipinski definition) is 2. The highest BCUT2D eigenvalue weighted by molar-refractivity contribution is 6.70. The third-order valence-electron chi connectivity index (χ3n) is 4.18. The summed E-state index contributed by atoms with van der Waals surface area (Å²) in [5.74, 6) is -0.0297. The van der Waals surface area contributed by atoms with Crippen LogP contribution in [0.25, 0.3) is 0 Å². The van der Waals surface area contributed by atoms with Crippen molar-refractivity contribution in [3.05, 3.63) is 108 Å². The van der Waals surface area contributed by atoms with Gasteiger partial charge in [0.2, 0.25) is 5.78 Å². The Morgan fingerprint density at radius 2 is 1.08 bits per heavy atom. The van der Waals surface area contributed by atoms with Crippen LogP contribution in [0.2, 0.25) is 19.6 Å². The number of Topliss-reactive ketones (excluding diaryl/α,β-unsaturated/α-hetero) is 1.